The molecule has 2 N–H and O–H groups in total. The van der Waals surface area contributed by atoms with Gasteiger partial charge in [-0.3, -0.25) is 9.36 Å². The molecular weight excluding hydrogens is 356 g/mol. The Hall–Kier alpha value is -4.02. The van der Waals surface area contributed by atoms with Crippen molar-refractivity contribution in [3.63, 3.8) is 0 Å². The third-order valence-corrected chi connectivity index (χ3v) is 3.96. The van der Waals surface area contributed by atoms with Crippen LogP contribution in [-0.4, -0.2) is 41.1 Å². The molecule has 0 aliphatic rings. The maximum atomic E-state index is 12.4. The van der Waals surface area contributed by atoms with Gasteiger partial charge in [-0.2, -0.15) is 14.6 Å². The molecule has 136 valence electrons. The van der Waals surface area contributed by atoms with E-state index in [1.54, 1.807) is 25.2 Å². The molecule has 11 heteroatoms. The van der Waals surface area contributed by atoms with Crippen LogP contribution in [0.25, 0.3) is 16.7 Å². The summed E-state index contributed by atoms with van der Waals surface area (Å²) >= 11 is 0. The molecule has 0 atom stereocenters. The number of hydrogen-bond acceptors (Lipinski definition) is 7. The number of fused-ring (bicyclic) bond motifs is 2. The monoisotopic (exact) mass is 368 g/mol. The van der Waals surface area contributed by atoms with E-state index < -0.39 is 23.5 Å². The minimum Gasteiger partial charge on any atom is -0.475 e. The van der Waals surface area contributed by atoms with E-state index in [4.69, 9.17) is 4.42 Å². The Morgan fingerprint density at radius 2 is 2.07 bits per heavy atom. The van der Waals surface area contributed by atoms with Gasteiger partial charge in [-0.1, -0.05) is 6.07 Å². The second-order valence-electron chi connectivity index (χ2n) is 5.69. The number of carboxylic acid groups (broad SMARTS) is 1. The van der Waals surface area contributed by atoms with Crippen LogP contribution in [-0.2, 0) is 13.6 Å². The number of carbonyl (C=O) groups excluding carboxylic acids is 1. The third kappa shape index (κ3) is 2.80. The molecule has 4 rings (SSSR count). The highest BCUT2D eigenvalue weighted by atomic mass is 16.4. The molecular formula is C16H12N6O5. The predicted octanol–water partition coefficient (Wildman–Crippen LogP) is 0.197. The molecule has 0 fully saturated rings. The Balaban J connectivity index is 1.59. The Labute approximate surface area is 149 Å². The van der Waals surface area contributed by atoms with Gasteiger partial charge in [-0.15, -0.1) is 0 Å². The Morgan fingerprint density at radius 1 is 1.26 bits per heavy atom. The summed E-state index contributed by atoms with van der Waals surface area (Å²) < 4.78 is 7.45. The summed E-state index contributed by atoms with van der Waals surface area (Å²) in [4.78, 5) is 43.0. The summed E-state index contributed by atoms with van der Waals surface area (Å²) in [5.74, 6) is -3.13. The summed E-state index contributed by atoms with van der Waals surface area (Å²) in [5, 5.41) is 15.7. The van der Waals surface area contributed by atoms with Gasteiger partial charge >= 0.3 is 11.7 Å². The highest BCUT2D eigenvalue weighted by Crippen LogP contribution is 2.14. The topological polar surface area (TPSA) is 145 Å². The highest BCUT2D eigenvalue weighted by molar-refractivity contribution is 5.92. The van der Waals surface area contributed by atoms with Gasteiger partial charge in [-0.05, 0) is 17.7 Å². The summed E-state index contributed by atoms with van der Waals surface area (Å²) in [6.07, 6.45) is 1.36. The highest BCUT2D eigenvalue weighted by Gasteiger charge is 2.18. The van der Waals surface area contributed by atoms with Crippen molar-refractivity contribution in [1.29, 1.82) is 0 Å². The number of hydrogen-bond donors (Lipinski definition) is 2. The molecule has 0 spiro atoms. The van der Waals surface area contributed by atoms with E-state index in [1.807, 2.05) is 0 Å². The molecule has 0 aliphatic carbocycles. The zero-order chi connectivity index (χ0) is 19.1. The maximum absolute atomic E-state index is 12.4. The fourth-order valence-corrected chi connectivity index (χ4v) is 2.61. The number of carbonyl (C=O) groups is 2. The van der Waals surface area contributed by atoms with Crippen LogP contribution in [0.5, 0.6) is 0 Å². The summed E-state index contributed by atoms with van der Waals surface area (Å²) in [5.41, 5.74) is 1.95. The Bertz CT molecular complexity index is 1270. The molecule has 27 heavy (non-hydrogen) atoms. The second-order valence-corrected chi connectivity index (χ2v) is 5.69. The van der Waals surface area contributed by atoms with Crippen molar-refractivity contribution in [2.45, 2.75) is 6.54 Å². The van der Waals surface area contributed by atoms with Crippen LogP contribution >= 0.6 is 0 Å². The van der Waals surface area contributed by atoms with Crippen LogP contribution in [0.4, 0.5) is 0 Å². The number of benzene rings is 1. The van der Waals surface area contributed by atoms with Crippen LogP contribution in [0.1, 0.15) is 26.8 Å². The number of aryl methyl sites for hydroxylation is 1. The minimum atomic E-state index is -1.33. The zero-order valence-electron chi connectivity index (χ0n) is 13.9. The van der Waals surface area contributed by atoms with Gasteiger partial charge < -0.3 is 14.8 Å². The van der Waals surface area contributed by atoms with Crippen LogP contribution in [0.15, 0.2) is 39.7 Å². The zero-order valence-corrected chi connectivity index (χ0v) is 13.9. The number of oxazole rings is 1. The first-order valence-electron chi connectivity index (χ1n) is 7.76. The van der Waals surface area contributed by atoms with Crippen LogP contribution in [0.3, 0.4) is 0 Å². The second kappa shape index (κ2) is 6.05. The number of nitrogens with one attached hydrogen (secondary N) is 1. The van der Waals surface area contributed by atoms with E-state index in [-0.39, 0.29) is 18.0 Å². The van der Waals surface area contributed by atoms with Gasteiger partial charge in [0, 0.05) is 19.7 Å². The minimum absolute atomic E-state index is 0.129. The van der Waals surface area contributed by atoms with Crippen molar-refractivity contribution in [2.75, 3.05) is 0 Å². The molecule has 11 nitrogen and oxygen atoms in total. The molecule has 0 saturated heterocycles. The number of carboxylic acids is 1. The first-order chi connectivity index (χ1) is 12.9. The van der Waals surface area contributed by atoms with E-state index in [9.17, 15) is 19.5 Å². The molecule has 0 unspecified atom stereocenters. The lowest BCUT2D eigenvalue weighted by Crippen LogP contribution is -2.27. The Morgan fingerprint density at radius 3 is 2.85 bits per heavy atom. The van der Waals surface area contributed by atoms with Crippen LogP contribution in [0, 0.1) is 0 Å². The summed E-state index contributed by atoms with van der Waals surface area (Å²) in [6, 6.07) is 6.52. The van der Waals surface area contributed by atoms with Crippen molar-refractivity contribution in [1.82, 2.24) is 29.5 Å². The molecule has 1 amide bonds. The van der Waals surface area contributed by atoms with Crippen LogP contribution < -0.4 is 11.1 Å². The number of aromatic carboxylic acids is 1. The third-order valence-electron chi connectivity index (χ3n) is 3.96. The molecule has 4 aromatic rings. The number of rotatable bonds is 4. The molecule has 0 bridgehead atoms. The van der Waals surface area contributed by atoms with Gasteiger partial charge in [0.2, 0.25) is 11.6 Å². The lowest BCUT2D eigenvalue weighted by Gasteiger charge is -2.06. The van der Waals surface area contributed by atoms with E-state index in [2.05, 4.69) is 20.4 Å². The molecule has 3 heterocycles. The lowest BCUT2D eigenvalue weighted by atomic mass is 10.2. The lowest BCUT2D eigenvalue weighted by molar-refractivity contribution is 0.0679. The van der Waals surface area contributed by atoms with Crippen molar-refractivity contribution in [2.24, 2.45) is 7.05 Å². The summed E-state index contributed by atoms with van der Waals surface area (Å²) in [6.45, 7) is 0.129. The van der Waals surface area contributed by atoms with Gasteiger partial charge in [0.25, 0.3) is 5.91 Å². The van der Waals surface area contributed by atoms with Crippen LogP contribution in [0.2, 0.25) is 0 Å². The van der Waals surface area contributed by atoms with E-state index in [0.29, 0.717) is 11.1 Å². The number of amides is 1. The number of nitrogens with zero attached hydrogens (tertiary/aromatic N) is 5. The molecule has 1 aromatic carbocycles. The first kappa shape index (κ1) is 16.4. The van der Waals surface area contributed by atoms with Gasteiger partial charge in [0.05, 0.1) is 11.7 Å². The molecule has 0 saturated carbocycles. The fourth-order valence-electron chi connectivity index (χ4n) is 2.61. The molecule has 3 aromatic heterocycles. The van der Waals surface area contributed by atoms with E-state index in [1.165, 1.54) is 16.8 Å². The fraction of sp³-hybridized carbons (Fsp3) is 0.125. The van der Waals surface area contributed by atoms with E-state index in [0.717, 1.165) is 10.1 Å². The predicted molar refractivity (Wildman–Crippen MR) is 90.4 cm³/mol. The van der Waals surface area contributed by atoms with E-state index >= 15 is 0 Å². The standard InChI is InChI=1S/C16H12N6O5/c1-21-9-6-8(2-3-10(9)27-16(21)26)7-17-14(23)12-19-11-4-5-18-22(11)13(20-12)15(24)25/h2-6H,7H2,1H3,(H,17,23)(H,24,25). The van der Waals surface area contributed by atoms with Gasteiger partial charge in [-0.25, -0.2) is 14.6 Å². The van der Waals surface area contributed by atoms with Gasteiger partial charge in [0.1, 0.15) is 0 Å². The largest absolute Gasteiger partial charge is 0.475 e. The molecule has 0 aliphatic heterocycles. The average molecular weight is 368 g/mol. The van der Waals surface area contributed by atoms with Gasteiger partial charge in [0.15, 0.2) is 11.2 Å². The Kier molecular flexibility index (Phi) is 3.69. The quantitative estimate of drug-likeness (QED) is 0.519. The molecule has 0 radical (unpaired) electrons. The SMILES string of the molecule is Cn1c(=O)oc2ccc(CNC(=O)c3nc(C(=O)O)n4nccc4n3)cc21. The van der Waals surface area contributed by atoms with Crippen molar-refractivity contribution < 1.29 is 19.1 Å². The average Bonchev–Trinajstić information content (AvgIpc) is 3.23. The number of aromatic nitrogens is 5. The summed E-state index contributed by atoms with van der Waals surface area (Å²) in [7, 11) is 1.58. The van der Waals surface area contributed by atoms with Crippen molar-refractivity contribution >= 4 is 28.6 Å². The maximum Gasteiger partial charge on any atom is 0.419 e. The first-order valence-corrected chi connectivity index (χ1v) is 7.76. The van der Waals surface area contributed by atoms with Crippen molar-refractivity contribution in [3.05, 3.63) is 58.2 Å². The normalized spacial score (nSPS) is 11.1. The smallest absolute Gasteiger partial charge is 0.419 e. The van der Waals surface area contributed by atoms with Crippen molar-refractivity contribution in [3.8, 4) is 0 Å².